The Hall–Kier alpha value is -3.61. The Bertz CT molecular complexity index is 1150. The Kier molecular flexibility index (Phi) is 4.33. The van der Waals surface area contributed by atoms with Crippen molar-refractivity contribution in [3.8, 4) is 5.69 Å². The first-order valence-corrected chi connectivity index (χ1v) is 8.60. The number of aromatic nitrogens is 3. The standard InChI is InChI=1S/C20H18N4O3/c1-14-17(13-22-24(14)16-5-3-2-4-6-16)19(25)21-9-11-23-10-7-15-8-12-27-18(15)20(23)26/h2-8,10,12-13H,9,11H2,1H3,(H,21,25). The van der Waals surface area contributed by atoms with Crippen molar-refractivity contribution in [3.63, 3.8) is 0 Å². The van der Waals surface area contributed by atoms with Crippen LogP contribution in [-0.2, 0) is 6.54 Å². The van der Waals surface area contributed by atoms with E-state index in [0.29, 0.717) is 24.2 Å². The number of amides is 1. The summed E-state index contributed by atoms with van der Waals surface area (Å²) in [5.74, 6) is -0.221. The Morgan fingerprint density at radius 2 is 2.00 bits per heavy atom. The monoisotopic (exact) mass is 362 g/mol. The van der Waals surface area contributed by atoms with Gasteiger partial charge < -0.3 is 14.3 Å². The van der Waals surface area contributed by atoms with Crippen molar-refractivity contribution < 1.29 is 9.21 Å². The Labute approximate surface area is 154 Å². The molecular weight excluding hydrogens is 344 g/mol. The summed E-state index contributed by atoms with van der Waals surface area (Å²) < 4.78 is 8.46. The average Bonchev–Trinajstić information content (AvgIpc) is 3.31. The molecule has 27 heavy (non-hydrogen) atoms. The highest BCUT2D eigenvalue weighted by atomic mass is 16.3. The first-order chi connectivity index (χ1) is 13.1. The highest BCUT2D eigenvalue weighted by molar-refractivity contribution is 5.95. The van der Waals surface area contributed by atoms with Crippen molar-refractivity contribution in [2.45, 2.75) is 13.5 Å². The Morgan fingerprint density at radius 3 is 2.81 bits per heavy atom. The molecule has 0 saturated carbocycles. The van der Waals surface area contributed by atoms with Gasteiger partial charge >= 0.3 is 0 Å². The summed E-state index contributed by atoms with van der Waals surface area (Å²) in [5, 5.41) is 7.91. The molecule has 0 unspecified atom stereocenters. The maximum Gasteiger partial charge on any atom is 0.294 e. The quantitative estimate of drug-likeness (QED) is 0.591. The molecule has 0 spiro atoms. The van der Waals surface area contributed by atoms with E-state index in [0.717, 1.165) is 16.8 Å². The smallest absolute Gasteiger partial charge is 0.294 e. The SMILES string of the molecule is Cc1c(C(=O)NCCn2ccc3ccoc3c2=O)cnn1-c1ccccc1. The number of rotatable bonds is 5. The van der Waals surface area contributed by atoms with Gasteiger partial charge in [-0.05, 0) is 31.2 Å². The van der Waals surface area contributed by atoms with Crippen LogP contribution in [0.2, 0.25) is 0 Å². The largest absolute Gasteiger partial charge is 0.459 e. The van der Waals surface area contributed by atoms with Crippen molar-refractivity contribution in [2.24, 2.45) is 0 Å². The molecule has 0 saturated heterocycles. The number of furan rings is 1. The van der Waals surface area contributed by atoms with Crippen molar-refractivity contribution in [2.75, 3.05) is 6.54 Å². The zero-order valence-corrected chi connectivity index (χ0v) is 14.8. The molecule has 0 radical (unpaired) electrons. The predicted molar refractivity (Wildman–Crippen MR) is 101 cm³/mol. The molecule has 4 rings (SSSR count). The lowest BCUT2D eigenvalue weighted by Crippen LogP contribution is -2.30. The van der Waals surface area contributed by atoms with Gasteiger partial charge in [-0.3, -0.25) is 9.59 Å². The van der Waals surface area contributed by atoms with Crippen molar-refractivity contribution in [1.82, 2.24) is 19.7 Å². The number of carbonyl (C=O) groups is 1. The highest BCUT2D eigenvalue weighted by Gasteiger charge is 2.15. The minimum Gasteiger partial charge on any atom is -0.459 e. The van der Waals surface area contributed by atoms with Gasteiger partial charge in [0.15, 0.2) is 5.58 Å². The lowest BCUT2D eigenvalue weighted by molar-refractivity contribution is 0.0951. The van der Waals surface area contributed by atoms with E-state index < -0.39 is 0 Å². The van der Waals surface area contributed by atoms with Gasteiger partial charge in [0.1, 0.15) is 0 Å². The minimum absolute atomic E-state index is 0.208. The first-order valence-electron chi connectivity index (χ1n) is 8.60. The summed E-state index contributed by atoms with van der Waals surface area (Å²) >= 11 is 0. The number of pyridine rings is 1. The van der Waals surface area contributed by atoms with Crippen LogP contribution in [0.1, 0.15) is 16.1 Å². The lowest BCUT2D eigenvalue weighted by Gasteiger charge is -2.08. The number of carbonyl (C=O) groups excluding carboxylic acids is 1. The fourth-order valence-electron chi connectivity index (χ4n) is 3.02. The van der Waals surface area contributed by atoms with Crippen LogP contribution in [0, 0.1) is 6.92 Å². The molecule has 3 heterocycles. The molecule has 4 aromatic rings. The van der Waals surface area contributed by atoms with Crippen molar-refractivity contribution in [3.05, 3.63) is 82.7 Å². The third kappa shape index (κ3) is 3.15. The molecule has 0 fully saturated rings. The summed E-state index contributed by atoms with van der Waals surface area (Å²) in [6, 6.07) is 13.2. The number of benzene rings is 1. The number of fused-ring (bicyclic) bond motifs is 1. The number of hydrogen-bond donors (Lipinski definition) is 1. The van der Waals surface area contributed by atoms with E-state index in [-0.39, 0.29) is 11.5 Å². The third-order valence-corrected chi connectivity index (χ3v) is 4.48. The molecule has 0 aliphatic carbocycles. The zero-order valence-electron chi connectivity index (χ0n) is 14.8. The van der Waals surface area contributed by atoms with Gasteiger partial charge in [0.05, 0.1) is 29.4 Å². The van der Waals surface area contributed by atoms with Crippen LogP contribution in [-0.4, -0.2) is 26.8 Å². The summed E-state index contributed by atoms with van der Waals surface area (Å²) in [7, 11) is 0. The van der Waals surface area contributed by atoms with E-state index in [1.54, 1.807) is 23.1 Å². The molecule has 3 aromatic heterocycles. The van der Waals surface area contributed by atoms with E-state index >= 15 is 0 Å². The average molecular weight is 362 g/mol. The van der Waals surface area contributed by atoms with Crippen LogP contribution in [0.3, 0.4) is 0 Å². The molecular formula is C20H18N4O3. The normalized spacial score (nSPS) is 11.0. The fraction of sp³-hybridized carbons (Fsp3) is 0.150. The van der Waals surface area contributed by atoms with E-state index in [1.165, 1.54) is 10.8 Å². The summed E-state index contributed by atoms with van der Waals surface area (Å²) in [4.78, 5) is 24.8. The van der Waals surface area contributed by atoms with E-state index in [1.807, 2.05) is 43.3 Å². The maximum atomic E-state index is 12.5. The minimum atomic E-state index is -0.221. The number of nitrogens with one attached hydrogen (secondary N) is 1. The molecule has 136 valence electrons. The Balaban J connectivity index is 1.45. The van der Waals surface area contributed by atoms with Crippen molar-refractivity contribution in [1.29, 1.82) is 0 Å². The van der Waals surface area contributed by atoms with Gasteiger partial charge in [-0.15, -0.1) is 0 Å². The molecule has 7 heteroatoms. The molecule has 1 N–H and O–H groups in total. The molecule has 0 aliphatic heterocycles. The van der Waals surface area contributed by atoms with Crippen LogP contribution in [0.5, 0.6) is 0 Å². The topological polar surface area (TPSA) is 82.1 Å². The molecule has 1 aromatic carbocycles. The summed E-state index contributed by atoms with van der Waals surface area (Å²) in [5.41, 5.74) is 2.27. The van der Waals surface area contributed by atoms with Crippen LogP contribution in [0.4, 0.5) is 0 Å². The van der Waals surface area contributed by atoms with E-state index in [4.69, 9.17) is 4.42 Å². The molecule has 0 bridgehead atoms. The highest BCUT2D eigenvalue weighted by Crippen LogP contribution is 2.14. The molecule has 7 nitrogen and oxygen atoms in total. The molecule has 0 atom stereocenters. The van der Waals surface area contributed by atoms with Crippen LogP contribution in [0.25, 0.3) is 16.7 Å². The van der Waals surface area contributed by atoms with E-state index in [9.17, 15) is 9.59 Å². The van der Waals surface area contributed by atoms with Crippen LogP contribution in [0.15, 0.2) is 70.3 Å². The molecule has 0 aliphatic rings. The number of hydrogen-bond acceptors (Lipinski definition) is 4. The third-order valence-electron chi connectivity index (χ3n) is 4.48. The van der Waals surface area contributed by atoms with Gasteiger partial charge in [-0.2, -0.15) is 5.10 Å². The van der Waals surface area contributed by atoms with Gasteiger partial charge in [-0.25, -0.2) is 4.68 Å². The lowest BCUT2D eigenvalue weighted by atomic mass is 10.2. The summed E-state index contributed by atoms with van der Waals surface area (Å²) in [6.07, 6.45) is 4.75. The maximum absolute atomic E-state index is 12.5. The molecule has 1 amide bonds. The second kappa shape index (κ2) is 6.95. The van der Waals surface area contributed by atoms with E-state index in [2.05, 4.69) is 10.4 Å². The second-order valence-electron chi connectivity index (χ2n) is 6.17. The Morgan fingerprint density at radius 1 is 1.19 bits per heavy atom. The first kappa shape index (κ1) is 16.8. The number of nitrogens with zero attached hydrogens (tertiary/aromatic N) is 3. The van der Waals surface area contributed by atoms with Crippen LogP contribution < -0.4 is 10.9 Å². The van der Waals surface area contributed by atoms with Gasteiger partial charge in [0, 0.05) is 24.7 Å². The van der Waals surface area contributed by atoms with Gasteiger partial charge in [-0.1, -0.05) is 18.2 Å². The zero-order chi connectivity index (χ0) is 18.8. The van der Waals surface area contributed by atoms with Gasteiger partial charge in [0.2, 0.25) is 0 Å². The van der Waals surface area contributed by atoms with Crippen molar-refractivity contribution >= 4 is 16.9 Å². The second-order valence-corrected chi connectivity index (χ2v) is 6.17. The summed E-state index contributed by atoms with van der Waals surface area (Å²) in [6.45, 7) is 2.53. The predicted octanol–water partition coefficient (Wildman–Crippen LogP) is 2.52. The fourth-order valence-corrected chi connectivity index (χ4v) is 3.02. The van der Waals surface area contributed by atoms with Crippen LogP contribution >= 0.6 is 0 Å². The number of para-hydroxylation sites is 1. The van der Waals surface area contributed by atoms with Gasteiger partial charge in [0.25, 0.3) is 11.5 Å².